The van der Waals surface area contributed by atoms with Crippen molar-refractivity contribution in [3.63, 3.8) is 0 Å². The van der Waals surface area contributed by atoms with Gasteiger partial charge in [0.2, 0.25) is 0 Å². The zero-order valence-electron chi connectivity index (χ0n) is 13.8. The quantitative estimate of drug-likeness (QED) is 0.477. The molecule has 4 rings (SSSR count). The lowest BCUT2D eigenvalue weighted by Gasteiger charge is -2.22. The second-order valence-electron chi connectivity index (χ2n) is 6.16. The van der Waals surface area contributed by atoms with E-state index in [1.54, 1.807) is 11.3 Å². The van der Waals surface area contributed by atoms with Gasteiger partial charge in [-0.05, 0) is 25.0 Å². The first-order chi connectivity index (χ1) is 12.3. The van der Waals surface area contributed by atoms with Crippen molar-refractivity contribution in [2.45, 2.75) is 23.1 Å². The van der Waals surface area contributed by atoms with Gasteiger partial charge in [-0.15, -0.1) is 11.3 Å². The number of rotatable bonds is 4. The van der Waals surface area contributed by atoms with E-state index in [4.69, 9.17) is 4.98 Å². The molecule has 0 spiro atoms. The number of hydrogen-bond donors (Lipinski definition) is 0. The Labute approximate surface area is 158 Å². The Bertz CT molecular complexity index is 1070. The number of anilines is 1. The van der Waals surface area contributed by atoms with E-state index in [0.717, 1.165) is 45.7 Å². The zero-order chi connectivity index (χ0) is 18.5. The number of hydrogen-bond acceptors (Lipinski definition) is 8. The number of sulfone groups is 1. The third kappa shape index (κ3) is 2.97. The van der Waals surface area contributed by atoms with Crippen LogP contribution in [-0.2, 0) is 9.84 Å². The number of nitrogens with zero attached hydrogens (tertiary/aromatic N) is 3. The molecule has 3 heterocycles. The maximum Gasteiger partial charge on any atom is 0.305 e. The third-order valence-electron chi connectivity index (χ3n) is 4.34. The molecule has 136 valence electrons. The van der Waals surface area contributed by atoms with Gasteiger partial charge < -0.3 is 4.90 Å². The first-order valence-electron chi connectivity index (χ1n) is 7.95. The number of aromatic nitrogens is 1. The van der Waals surface area contributed by atoms with Gasteiger partial charge in [-0.2, -0.15) is 0 Å². The van der Waals surface area contributed by atoms with Crippen LogP contribution in [0.2, 0.25) is 0 Å². The molecule has 1 aliphatic heterocycles. The Balaban J connectivity index is 1.79. The molecule has 2 aromatic heterocycles. The maximum absolute atomic E-state index is 11.9. The molecule has 0 radical (unpaired) electrons. The highest BCUT2D eigenvalue weighted by molar-refractivity contribution is 7.92. The largest absolute Gasteiger partial charge is 0.348 e. The minimum absolute atomic E-state index is 0.0224. The molecule has 0 aliphatic carbocycles. The average molecular weight is 410 g/mol. The lowest BCUT2D eigenvalue weighted by molar-refractivity contribution is -0.383. The van der Waals surface area contributed by atoms with Gasteiger partial charge in [0.1, 0.15) is 9.22 Å². The summed E-state index contributed by atoms with van der Waals surface area (Å²) in [5, 5.41) is 12.8. The Morgan fingerprint density at radius 1 is 1.31 bits per heavy atom. The van der Waals surface area contributed by atoms with Gasteiger partial charge in [-0.25, -0.2) is 13.4 Å². The van der Waals surface area contributed by atoms with Crippen LogP contribution in [0.1, 0.15) is 23.9 Å². The van der Waals surface area contributed by atoms with E-state index < -0.39 is 14.8 Å². The zero-order valence-corrected chi connectivity index (χ0v) is 16.2. The molecule has 0 bridgehead atoms. The van der Waals surface area contributed by atoms with Gasteiger partial charge in [0, 0.05) is 18.9 Å². The molecule has 1 aliphatic rings. The summed E-state index contributed by atoms with van der Waals surface area (Å²) in [5.41, 5.74) is 0.764. The molecule has 7 nitrogen and oxygen atoms in total. The number of para-hydroxylation sites is 1. The van der Waals surface area contributed by atoms with E-state index in [-0.39, 0.29) is 15.9 Å². The van der Waals surface area contributed by atoms with E-state index in [0.29, 0.717) is 11.5 Å². The van der Waals surface area contributed by atoms with Crippen LogP contribution in [0.5, 0.6) is 0 Å². The van der Waals surface area contributed by atoms with Crippen LogP contribution in [-0.4, -0.2) is 31.1 Å². The predicted octanol–water partition coefficient (Wildman–Crippen LogP) is 4.01. The summed E-state index contributed by atoms with van der Waals surface area (Å²) in [7, 11) is -3.50. The average Bonchev–Trinajstić information content (AvgIpc) is 3.29. The van der Waals surface area contributed by atoms with E-state index in [1.807, 2.05) is 29.2 Å². The van der Waals surface area contributed by atoms with Gasteiger partial charge in [0.25, 0.3) is 0 Å². The molecule has 1 aromatic carbocycles. The number of nitro groups is 1. The highest BCUT2D eigenvalue weighted by Gasteiger charge is 2.35. The molecule has 0 N–H and O–H groups in total. The number of benzene rings is 1. The van der Waals surface area contributed by atoms with Crippen molar-refractivity contribution in [2.75, 3.05) is 17.7 Å². The van der Waals surface area contributed by atoms with Gasteiger partial charge in [-0.1, -0.05) is 23.5 Å². The van der Waals surface area contributed by atoms with E-state index in [9.17, 15) is 18.5 Å². The summed E-state index contributed by atoms with van der Waals surface area (Å²) >= 11 is 2.55. The topological polar surface area (TPSA) is 93.4 Å². The van der Waals surface area contributed by atoms with Crippen molar-refractivity contribution in [3.05, 3.63) is 45.5 Å². The molecule has 1 fully saturated rings. The van der Waals surface area contributed by atoms with Crippen molar-refractivity contribution in [1.82, 2.24) is 4.98 Å². The van der Waals surface area contributed by atoms with Crippen molar-refractivity contribution >= 4 is 53.4 Å². The molecule has 1 saturated heterocycles. The summed E-state index contributed by atoms with van der Waals surface area (Å²) in [4.78, 5) is 17.6. The molecule has 0 amide bonds. The molecule has 26 heavy (non-hydrogen) atoms. The number of thiazole rings is 1. The van der Waals surface area contributed by atoms with Gasteiger partial charge in [0.15, 0.2) is 14.8 Å². The van der Waals surface area contributed by atoms with Gasteiger partial charge in [0.05, 0.1) is 21.2 Å². The normalized spacial score (nSPS) is 17.9. The predicted molar refractivity (Wildman–Crippen MR) is 103 cm³/mol. The second-order valence-corrected chi connectivity index (χ2v) is 10.5. The lowest BCUT2D eigenvalue weighted by Crippen LogP contribution is -2.22. The van der Waals surface area contributed by atoms with Crippen LogP contribution in [0.25, 0.3) is 10.2 Å². The van der Waals surface area contributed by atoms with Crippen molar-refractivity contribution in [3.8, 4) is 0 Å². The molecule has 10 heteroatoms. The fourth-order valence-corrected chi connectivity index (χ4v) is 6.39. The molecular weight excluding hydrogens is 394 g/mol. The number of thiophene rings is 1. The number of fused-ring (bicyclic) bond motifs is 1. The summed E-state index contributed by atoms with van der Waals surface area (Å²) in [6.45, 7) is 0.644. The Hall–Kier alpha value is -2.04. The SMILES string of the molecule is CS(=O)(=O)c1cc([N+](=O)[O-])c(N2CCCC2c2nc3ccccc3s2)s1. The molecule has 1 atom stereocenters. The fourth-order valence-electron chi connectivity index (χ4n) is 3.17. The smallest absolute Gasteiger partial charge is 0.305 e. The van der Waals surface area contributed by atoms with Gasteiger partial charge in [-0.3, -0.25) is 10.1 Å². The summed E-state index contributed by atoms with van der Waals surface area (Å²) in [5.74, 6) is 0. The van der Waals surface area contributed by atoms with Crippen LogP contribution < -0.4 is 4.90 Å². The first-order valence-corrected chi connectivity index (χ1v) is 11.5. The Morgan fingerprint density at radius 3 is 2.77 bits per heavy atom. The minimum atomic E-state index is -3.50. The van der Waals surface area contributed by atoms with E-state index in [1.165, 1.54) is 6.07 Å². The van der Waals surface area contributed by atoms with Gasteiger partial charge >= 0.3 is 5.69 Å². The molecule has 1 unspecified atom stereocenters. The minimum Gasteiger partial charge on any atom is -0.348 e. The fraction of sp³-hybridized carbons (Fsp3) is 0.312. The Kier molecular flexibility index (Phi) is 4.20. The van der Waals surface area contributed by atoms with Crippen LogP contribution in [0.15, 0.2) is 34.5 Å². The summed E-state index contributed by atoms with van der Waals surface area (Å²) in [6.07, 6.45) is 2.79. The lowest BCUT2D eigenvalue weighted by atomic mass is 10.2. The standard InChI is InChI=1S/C16H15N3O4S3/c1-26(22,23)14-9-12(19(20)21)16(25-14)18-8-4-6-11(18)15-17-10-5-2-3-7-13(10)24-15/h2-3,5,7,9,11H,4,6,8H2,1H3. The van der Waals surface area contributed by atoms with Crippen LogP contribution in [0.3, 0.4) is 0 Å². The monoisotopic (exact) mass is 409 g/mol. The molecular formula is C16H15N3O4S3. The van der Waals surface area contributed by atoms with Crippen LogP contribution in [0, 0.1) is 10.1 Å². The summed E-state index contributed by atoms with van der Waals surface area (Å²) < 4.78 is 24.8. The van der Waals surface area contributed by atoms with Crippen LogP contribution >= 0.6 is 22.7 Å². The maximum atomic E-state index is 11.9. The van der Waals surface area contributed by atoms with Crippen molar-refractivity contribution < 1.29 is 13.3 Å². The molecule has 3 aromatic rings. The first kappa shape index (κ1) is 17.4. The van der Waals surface area contributed by atoms with Crippen molar-refractivity contribution in [1.29, 1.82) is 0 Å². The highest BCUT2D eigenvalue weighted by atomic mass is 32.2. The second kappa shape index (κ2) is 6.29. The van der Waals surface area contributed by atoms with E-state index >= 15 is 0 Å². The Morgan fingerprint density at radius 2 is 2.08 bits per heavy atom. The van der Waals surface area contributed by atoms with E-state index in [2.05, 4.69) is 0 Å². The third-order valence-corrected chi connectivity index (χ3v) is 8.44. The van der Waals surface area contributed by atoms with Crippen molar-refractivity contribution in [2.24, 2.45) is 0 Å². The van der Waals surface area contributed by atoms with Crippen LogP contribution in [0.4, 0.5) is 10.7 Å². The highest BCUT2D eigenvalue weighted by Crippen LogP contribution is 2.47. The molecule has 0 saturated carbocycles. The summed E-state index contributed by atoms with van der Waals surface area (Å²) in [6, 6.07) is 8.94.